The van der Waals surface area contributed by atoms with E-state index in [1.807, 2.05) is 32.4 Å². The molecule has 0 aliphatic carbocycles. The van der Waals surface area contributed by atoms with Gasteiger partial charge in [0.25, 0.3) is 0 Å². The summed E-state index contributed by atoms with van der Waals surface area (Å²) in [6.45, 7) is 13.0. The second-order valence-corrected chi connectivity index (χ2v) is 6.25. The molecule has 1 rings (SSSR count). The average Bonchev–Trinajstić information content (AvgIpc) is 2.64. The average molecular weight is 295 g/mol. The van der Waals surface area contributed by atoms with E-state index in [0.717, 1.165) is 25.1 Å². The van der Waals surface area contributed by atoms with Crippen LogP contribution in [0.2, 0.25) is 0 Å². The van der Waals surface area contributed by atoms with Crippen molar-refractivity contribution in [1.29, 1.82) is 0 Å². The summed E-state index contributed by atoms with van der Waals surface area (Å²) in [7, 11) is 1.44. The molecular weight excluding hydrogens is 266 g/mol. The molecule has 0 aliphatic rings. The predicted molar refractivity (Wildman–Crippen MR) is 84.4 cm³/mol. The predicted octanol–water partition coefficient (Wildman–Crippen LogP) is 2.52. The second-order valence-electron chi connectivity index (χ2n) is 6.25. The summed E-state index contributed by atoms with van der Waals surface area (Å²) in [5.41, 5.74) is 2.87. The van der Waals surface area contributed by atoms with Crippen LogP contribution in [-0.2, 0) is 16.1 Å². The van der Waals surface area contributed by atoms with Crippen molar-refractivity contribution in [3.05, 3.63) is 17.0 Å². The summed E-state index contributed by atoms with van der Waals surface area (Å²) in [5.74, 6) is -0.208. The number of carbonyl (C=O) groups excluding carboxylic acids is 1. The number of aryl methyl sites for hydroxylation is 2. The minimum absolute atomic E-state index is 0.208. The first-order valence-corrected chi connectivity index (χ1v) is 7.58. The van der Waals surface area contributed by atoms with Gasteiger partial charge < -0.3 is 4.74 Å². The third-order valence-corrected chi connectivity index (χ3v) is 4.03. The van der Waals surface area contributed by atoms with E-state index in [1.165, 1.54) is 18.4 Å². The molecule has 21 heavy (non-hydrogen) atoms. The molecule has 1 atom stereocenters. The molecule has 1 N–H and O–H groups in total. The van der Waals surface area contributed by atoms with E-state index < -0.39 is 5.54 Å². The molecular formula is C16H29N3O2. The zero-order chi connectivity index (χ0) is 16.2. The topological polar surface area (TPSA) is 56.2 Å². The Balaban J connectivity index is 2.69. The number of hydrogen-bond donors (Lipinski definition) is 1. The molecule has 1 unspecified atom stereocenters. The van der Waals surface area contributed by atoms with Gasteiger partial charge >= 0.3 is 5.97 Å². The van der Waals surface area contributed by atoms with Gasteiger partial charge in [-0.05, 0) is 59.9 Å². The number of methoxy groups -OCH3 is 1. The molecule has 5 heteroatoms. The first kappa shape index (κ1) is 17.7. The maximum atomic E-state index is 12.0. The molecule has 120 valence electrons. The summed E-state index contributed by atoms with van der Waals surface area (Å²) >= 11 is 0. The molecule has 0 radical (unpaired) electrons. The normalized spacial score (nSPS) is 14.3. The van der Waals surface area contributed by atoms with Crippen molar-refractivity contribution in [3.63, 3.8) is 0 Å². The van der Waals surface area contributed by atoms with Crippen LogP contribution in [-0.4, -0.2) is 34.4 Å². The van der Waals surface area contributed by atoms with Crippen molar-refractivity contribution in [2.45, 2.75) is 72.5 Å². The van der Waals surface area contributed by atoms with E-state index in [1.54, 1.807) is 0 Å². The van der Waals surface area contributed by atoms with Crippen LogP contribution in [0.1, 0.15) is 50.6 Å². The van der Waals surface area contributed by atoms with Crippen LogP contribution in [0.5, 0.6) is 0 Å². The van der Waals surface area contributed by atoms with Crippen LogP contribution in [0.15, 0.2) is 0 Å². The Labute approximate surface area is 128 Å². The Morgan fingerprint density at radius 2 is 2.00 bits per heavy atom. The summed E-state index contributed by atoms with van der Waals surface area (Å²) in [4.78, 5) is 12.0. The molecule has 1 heterocycles. The molecule has 5 nitrogen and oxygen atoms in total. The monoisotopic (exact) mass is 295 g/mol. The fourth-order valence-corrected chi connectivity index (χ4v) is 2.68. The largest absolute Gasteiger partial charge is 0.468 e. The van der Waals surface area contributed by atoms with E-state index in [-0.39, 0.29) is 12.0 Å². The highest BCUT2D eigenvalue weighted by molar-refractivity contribution is 5.80. The lowest BCUT2D eigenvalue weighted by atomic mass is 9.94. The highest BCUT2D eigenvalue weighted by Gasteiger charge is 2.34. The number of esters is 1. The molecule has 1 aromatic rings. The lowest BCUT2D eigenvalue weighted by Gasteiger charge is -2.30. The maximum Gasteiger partial charge on any atom is 0.325 e. The van der Waals surface area contributed by atoms with Gasteiger partial charge in [0.05, 0.1) is 12.8 Å². The van der Waals surface area contributed by atoms with Gasteiger partial charge in [0.2, 0.25) is 0 Å². The quantitative estimate of drug-likeness (QED) is 0.785. The third-order valence-electron chi connectivity index (χ3n) is 4.03. The smallest absolute Gasteiger partial charge is 0.325 e. The van der Waals surface area contributed by atoms with Gasteiger partial charge in [-0.15, -0.1) is 0 Å². The van der Waals surface area contributed by atoms with Crippen LogP contribution in [0.3, 0.4) is 0 Å². The molecule has 0 aliphatic heterocycles. The number of nitrogens with zero attached hydrogens (tertiary/aromatic N) is 2. The van der Waals surface area contributed by atoms with Gasteiger partial charge in [0.1, 0.15) is 5.54 Å². The lowest BCUT2D eigenvalue weighted by Crippen LogP contribution is -2.53. The van der Waals surface area contributed by atoms with E-state index in [0.29, 0.717) is 0 Å². The number of carbonyl (C=O) groups is 1. The standard InChI is InChI=1S/C16H29N3O2/c1-11(2)17-16(6,15(20)21-7)9-8-10-19-14(5)12(3)13(4)18-19/h11,17H,8-10H2,1-7H3. The van der Waals surface area contributed by atoms with E-state index in [4.69, 9.17) is 4.74 Å². The fraction of sp³-hybridized carbons (Fsp3) is 0.750. The molecule has 0 aromatic carbocycles. The van der Waals surface area contributed by atoms with Crippen molar-refractivity contribution in [2.75, 3.05) is 7.11 Å². The highest BCUT2D eigenvalue weighted by atomic mass is 16.5. The molecule has 0 saturated heterocycles. The molecule has 0 fully saturated rings. The summed E-state index contributed by atoms with van der Waals surface area (Å²) in [6, 6.07) is 0.227. The van der Waals surface area contributed by atoms with Crippen LogP contribution in [0.25, 0.3) is 0 Å². The molecule has 1 aromatic heterocycles. The van der Waals surface area contributed by atoms with Crippen molar-refractivity contribution >= 4 is 5.97 Å². The van der Waals surface area contributed by atoms with Gasteiger partial charge in [-0.25, -0.2) is 0 Å². The zero-order valence-corrected chi connectivity index (χ0v) is 14.4. The Hall–Kier alpha value is -1.36. The molecule has 0 spiro atoms. The van der Waals surface area contributed by atoms with Crippen molar-refractivity contribution in [2.24, 2.45) is 0 Å². The van der Waals surface area contributed by atoms with E-state index in [9.17, 15) is 4.79 Å². The highest BCUT2D eigenvalue weighted by Crippen LogP contribution is 2.18. The Kier molecular flexibility index (Phi) is 5.96. The third kappa shape index (κ3) is 4.30. The van der Waals surface area contributed by atoms with Crippen LogP contribution >= 0.6 is 0 Å². The molecule has 0 bridgehead atoms. The Morgan fingerprint density at radius 3 is 2.43 bits per heavy atom. The molecule has 0 saturated carbocycles. The maximum absolute atomic E-state index is 12.0. The van der Waals surface area contributed by atoms with Gasteiger partial charge in [0.15, 0.2) is 0 Å². The van der Waals surface area contributed by atoms with Crippen molar-refractivity contribution in [3.8, 4) is 0 Å². The minimum Gasteiger partial charge on any atom is -0.468 e. The number of ether oxygens (including phenoxy) is 1. The van der Waals surface area contributed by atoms with Crippen molar-refractivity contribution in [1.82, 2.24) is 15.1 Å². The summed E-state index contributed by atoms with van der Waals surface area (Å²) in [5, 5.41) is 7.86. The van der Waals surface area contributed by atoms with Gasteiger partial charge in [0, 0.05) is 18.3 Å². The van der Waals surface area contributed by atoms with Crippen LogP contribution < -0.4 is 5.32 Å². The second kappa shape index (κ2) is 7.07. The SMILES string of the molecule is COC(=O)C(C)(CCCn1nc(C)c(C)c1C)NC(C)C. The van der Waals surface area contributed by atoms with Crippen LogP contribution in [0.4, 0.5) is 0 Å². The minimum atomic E-state index is -0.645. The van der Waals surface area contributed by atoms with Gasteiger partial charge in [-0.2, -0.15) is 5.10 Å². The number of nitrogens with one attached hydrogen (secondary N) is 1. The van der Waals surface area contributed by atoms with Gasteiger partial charge in [-0.3, -0.25) is 14.8 Å². The first-order chi connectivity index (χ1) is 9.71. The lowest BCUT2D eigenvalue weighted by molar-refractivity contribution is -0.148. The Bertz CT molecular complexity index is 494. The number of aromatic nitrogens is 2. The zero-order valence-electron chi connectivity index (χ0n) is 14.4. The van der Waals surface area contributed by atoms with E-state index in [2.05, 4.69) is 24.3 Å². The number of rotatable bonds is 7. The van der Waals surface area contributed by atoms with Crippen molar-refractivity contribution < 1.29 is 9.53 Å². The van der Waals surface area contributed by atoms with Gasteiger partial charge in [-0.1, -0.05) is 0 Å². The summed E-state index contributed by atoms with van der Waals surface area (Å²) < 4.78 is 6.97. The van der Waals surface area contributed by atoms with Crippen LogP contribution in [0, 0.1) is 20.8 Å². The summed E-state index contributed by atoms with van der Waals surface area (Å²) in [6.07, 6.45) is 1.59. The number of hydrogen-bond acceptors (Lipinski definition) is 4. The fourth-order valence-electron chi connectivity index (χ4n) is 2.68. The first-order valence-electron chi connectivity index (χ1n) is 7.58. The Morgan fingerprint density at radius 1 is 1.38 bits per heavy atom. The molecule has 0 amide bonds. The van der Waals surface area contributed by atoms with E-state index >= 15 is 0 Å².